The molecule has 1 aliphatic rings. The lowest BCUT2D eigenvalue weighted by Gasteiger charge is -2.07. The van der Waals surface area contributed by atoms with Crippen LogP contribution in [0.25, 0.3) is 0 Å². The number of nitrogens with one attached hydrogen (secondary N) is 1. The van der Waals surface area contributed by atoms with Crippen molar-refractivity contribution in [3.05, 3.63) is 53.1 Å². The molecule has 22 heavy (non-hydrogen) atoms. The number of carbonyl (C=O) groups is 3. The van der Waals surface area contributed by atoms with Crippen LogP contribution in [0.15, 0.2) is 30.6 Å². The normalized spacial score (nSPS) is 12.5. The predicted molar refractivity (Wildman–Crippen MR) is 72.5 cm³/mol. The van der Waals surface area contributed by atoms with Crippen molar-refractivity contribution in [2.45, 2.75) is 6.61 Å². The summed E-state index contributed by atoms with van der Waals surface area (Å²) in [7, 11) is 0. The number of fused-ring (bicyclic) bond motifs is 1. The van der Waals surface area contributed by atoms with Crippen LogP contribution in [-0.2, 0) is 11.3 Å². The molecule has 0 atom stereocenters. The van der Waals surface area contributed by atoms with Gasteiger partial charge < -0.3 is 15.2 Å². The Morgan fingerprint density at radius 3 is 2.64 bits per heavy atom. The number of anilines is 1. The standard InChI is InChI=1S/C14H9N3O5/c18-12(10-11(13(19)20)16-4-3-15-10)17-8-2-1-7-6-22-14(21)9(7)5-8/h1-5H,6H2,(H,17,18)(H,19,20). The Kier molecular flexibility index (Phi) is 3.26. The number of amides is 1. The van der Waals surface area contributed by atoms with E-state index in [1.807, 2.05) is 0 Å². The molecular weight excluding hydrogens is 290 g/mol. The molecule has 1 aliphatic heterocycles. The zero-order chi connectivity index (χ0) is 15.7. The Hall–Kier alpha value is -3.29. The van der Waals surface area contributed by atoms with Crippen molar-refractivity contribution in [1.29, 1.82) is 0 Å². The van der Waals surface area contributed by atoms with Gasteiger partial charge in [-0.2, -0.15) is 0 Å². The third-order valence-electron chi connectivity index (χ3n) is 3.06. The number of ether oxygens (including phenoxy) is 1. The third-order valence-corrected chi connectivity index (χ3v) is 3.06. The van der Waals surface area contributed by atoms with Gasteiger partial charge in [0, 0.05) is 23.6 Å². The molecule has 0 radical (unpaired) electrons. The highest BCUT2D eigenvalue weighted by molar-refractivity contribution is 6.09. The van der Waals surface area contributed by atoms with Gasteiger partial charge in [-0.1, -0.05) is 6.07 Å². The first-order valence-electron chi connectivity index (χ1n) is 6.22. The summed E-state index contributed by atoms with van der Waals surface area (Å²) in [6.07, 6.45) is 2.41. The van der Waals surface area contributed by atoms with Gasteiger partial charge in [0.25, 0.3) is 5.91 Å². The molecule has 8 nitrogen and oxygen atoms in total. The minimum atomic E-state index is -1.35. The molecule has 0 unspecified atom stereocenters. The van der Waals surface area contributed by atoms with Crippen LogP contribution in [0.2, 0.25) is 0 Å². The summed E-state index contributed by atoms with van der Waals surface area (Å²) in [6, 6.07) is 4.72. The van der Waals surface area contributed by atoms with Crippen LogP contribution in [-0.4, -0.2) is 32.9 Å². The number of rotatable bonds is 3. The number of hydrogen-bond acceptors (Lipinski definition) is 6. The number of carbonyl (C=O) groups excluding carboxylic acids is 2. The van der Waals surface area contributed by atoms with Crippen molar-refractivity contribution < 1.29 is 24.2 Å². The molecule has 2 heterocycles. The van der Waals surface area contributed by atoms with E-state index in [-0.39, 0.29) is 12.3 Å². The molecule has 2 N–H and O–H groups in total. The highest BCUT2D eigenvalue weighted by Crippen LogP contribution is 2.23. The van der Waals surface area contributed by atoms with Crippen LogP contribution in [0.4, 0.5) is 5.69 Å². The second-order valence-corrected chi connectivity index (χ2v) is 4.46. The Balaban J connectivity index is 1.88. The van der Waals surface area contributed by atoms with Crippen LogP contribution in [0.1, 0.15) is 36.9 Å². The van der Waals surface area contributed by atoms with Gasteiger partial charge >= 0.3 is 11.9 Å². The molecule has 0 bridgehead atoms. The SMILES string of the molecule is O=C1OCc2ccc(NC(=O)c3nccnc3C(=O)O)cc21. The second-order valence-electron chi connectivity index (χ2n) is 4.46. The Bertz CT molecular complexity index is 803. The van der Waals surface area contributed by atoms with Gasteiger partial charge in [0.1, 0.15) is 6.61 Å². The molecule has 0 spiro atoms. The fraction of sp³-hybridized carbons (Fsp3) is 0.0714. The van der Waals surface area contributed by atoms with Gasteiger partial charge in [-0.3, -0.25) is 4.79 Å². The zero-order valence-corrected chi connectivity index (χ0v) is 11.1. The van der Waals surface area contributed by atoms with Gasteiger partial charge in [0.05, 0.1) is 5.56 Å². The minimum absolute atomic E-state index is 0.204. The minimum Gasteiger partial charge on any atom is -0.476 e. The maximum Gasteiger partial charge on any atom is 0.356 e. The summed E-state index contributed by atoms with van der Waals surface area (Å²) < 4.78 is 4.87. The van der Waals surface area contributed by atoms with Gasteiger partial charge in [-0.05, 0) is 12.1 Å². The number of benzene rings is 1. The van der Waals surface area contributed by atoms with E-state index in [4.69, 9.17) is 9.84 Å². The maximum atomic E-state index is 12.1. The van der Waals surface area contributed by atoms with Crippen molar-refractivity contribution in [1.82, 2.24) is 9.97 Å². The molecule has 0 saturated carbocycles. The number of carboxylic acid groups (broad SMARTS) is 1. The van der Waals surface area contributed by atoms with E-state index in [0.29, 0.717) is 11.3 Å². The van der Waals surface area contributed by atoms with Crippen LogP contribution < -0.4 is 5.32 Å². The van der Waals surface area contributed by atoms with Gasteiger partial charge in [-0.15, -0.1) is 0 Å². The molecule has 1 aromatic heterocycles. The number of nitrogens with zero attached hydrogens (tertiary/aromatic N) is 2. The molecule has 8 heteroatoms. The van der Waals surface area contributed by atoms with Crippen molar-refractivity contribution in [3.63, 3.8) is 0 Å². The van der Waals surface area contributed by atoms with E-state index in [0.717, 1.165) is 5.56 Å². The summed E-state index contributed by atoms with van der Waals surface area (Å²) >= 11 is 0. The van der Waals surface area contributed by atoms with E-state index >= 15 is 0 Å². The summed E-state index contributed by atoms with van der Waals surface area (Å²) in [5.74, 6) is -2.54. The number of aromatic carboxylic acids is 1. The first-order chi connectivity index (χ1) is 10.6. The third kappa shape index (κ3) is 2.37. The lowest BCUT2D eigenvalue weighted by Crippen LogP contribution is -2.19. The molecule has 0 aliphatic carbocycles. The van der Waals surface area contributed by atoms with Crippen LogP contribution in [0, 0.1) is 0 Å². The predicted octanol–water partition coefficient (Wildman–Crippen LogP) is 1.10. The van der Waals surface area contributed by atoms with E-state index in [9.17, 15) is 14.4 Å². The number of cyclic esters (lactones) is 1. The highest BCUT2D eigenvalue weighted by atomic mass is 16.5. The molecule has 110 valence electrons. The molecule has 0 saturated heterocycles. The van der Waals surface area contributed by atoms with Crippen molar-refractivity contribution in [3.8, 4) is 0 Å². The van der Waals surface area contributed by atoms with E-state index in [1.165, 1.54) is 18.5 Å². The fourth-order valence-corrected chi connectivity index (χ4v) is 2.04. The van der Waals surface area contributed by atoms with Crippen LogP contribution in [0.5, 0.6) is 0 Å². The fourth-order valence-electron chi connectivity index (χ4n) is 2.04. The molecule has 0 fully saturated rings. The monoisotopic (exact) mass is 299 g/mol. The number of aromatic nitrogens is 2. The Labute approximate surface area is 123 Å². The molecule has 1 aromatic carbocycles. The summed E-state index contributed by atoms with van der Waals surface area (Å²) in [5.41, 5.74) is 0.687. The summed E-state index contributed by atoms with van der Waals surface area (Å²) in [6.45, 7) is 0.204. The van der Waals surface area contributed by atoms with Gasteiger partial charge in [-0.25, -0.2) is 19.6 Å². The van der Waals surface area contributed by atoms with Crippen LogP contribution in [0.3, 0.4) is 0 Å². The number of carboxylic acids is 1. The lowest BCUT2D eigenvalue weighted by molar-refractivity contribution is 0.0534. The summed E-state index contributed by atoms with van der Waals surface area (Å²) in [5, 5.41) is 11.5. The average Bonchev–Trinajstić information content (AvgIpc) is 2.88. The van der Waals surface area contributed by atoms with Gasteiger partial charge in [0.15, 0.2) is 11.4 Å². The maximum absolute atomic E-state index is 12.1. The van der Waals surface area contributed by atoms with Crippen molar-refractivity contribution in [2.75, 3.05) is 5.32 Å². The first kappa shape index (κ1) is 13.7. The first-order valence-corrected chi connectivity index (χ1v) is 6.22. The molecule has 3 rings (SSSR count). The zero-order valence-electron chi connectivity index (χ0n) is 11.1. The average molecular weight is 299 g/mol. The molecular formula is C14H9N3O5. The van der Waals surface area contributed by atoms with E-state index in [1.54, 1.807) is 12.1 Å². The van der Waals surface area contributed by atoms with Crippen molar-refractivity contribution >= 4 is 23.5 Å². The number of hydrogen-bond donors (Lipinski definition) is 2. The quantitative estimate of drug-likeness (QED) is 0.814. The van der Waals surface area contributed by atoms with Crippen LogP contribution >= 0.6 is 0 Å². The topological polar surface area (TPSA) is 118 Å². The molecule has 2 aromatic rings. The Morgan fingerprint density at radius 1 is 1.18 bits per heavy atom. The highest BCUT2D eigenvalue weighted by Gasteiger charge is 2.23. The Morgan fingerprint density at radius 2 is 1.91 bits per heavy atom. The van der Waals surface area contributed by atoms with Gasteiger partial charge in [0.2, 0.25) is 0 Å². The van der Waals surface area contributed by atoms with Crippen molar-refractivity contribution in [2.24, 2.45) is 0 Å². The van der Waals surface area contributed by atoms with E-state index in [2.05, 4.69) is 15.3 Å². The lowest BCUT2D eigenvalue weighted by atomic mass is 10.1. The largest absolute Gasteiger partial charge is 0.476 e. The second kappa shape index (κ2) is 5.24. The number of esters is 1. The summed E-state index contributed by atoms with van der Waals surface area (Å²) in [4.78, 5) is 42.0. The molecule has 1 amide bonds. The smallest absolute Gasteiger partial charge is 0.356 e. The van der Waals surface area contributed by atoms with E-state index < -0.39 is 23.5 Å².